The van der Waals surface area contributed by atoms with E-state index in [9.17, 15) is 8.42 Å². The normalized spacial score (nSPS) is 21.7. The minimum Gasteiger partial charge on any atom is -0.396 e. The molecule has 0 amide bonds. The van der Waals surface area contributed by atoms with E-state index in [0.29, 0.717) is 13.1 Å². The smallest absolute Gasteiger partial charge is 0.236 e. The molecule has 1 heterocycles. The van der Waals surface area contributed by atoms with Crippen LogP contribution in [0.4, 0.5) is 0 Å². The molecule has 0 spiro atoms. The van der Waals surface area contributed by atoms with Crippen LogP contribution in [0.3, 0.4) is 0 Å². The topological polar surface area (TPSA) is 57.6 Å². The van der Waals surface area contributed by atoms with E-state index in [0.717, 1.165) is 12.0 Å². The second kappa shape index (κ2) is 5.65. The molecule has 5 heteroatoms. The van der Waals surface area contributed by atoms with E-state index in [1.807, 2.05) is 30.3 Å². The summed E-state index contributed by atoms with van der Waals surface area (Å²) in [5, 5.41) is 10.3. The molecule has 0 radical (unpaired) electrons. The van der Waals surface area contributed by atoms with E-state index < -0.39 is 10.0 Å². The highest BCUT2D eigenvalue weighted by molar-refractivity contribution is 7.92. The molecule has 1 aromatic rings. The molecule has 2 rings (SSSR count). The zero-order valence-corrected chi connectivity index (χ0v) is 10.9. The van der Waals surface area contributed by atoms with Crippen molar-refractivity contribution in [3.8, 4) is 0 Å². The summed E-state index contributed by atoms with van der Waals surface area (Å²) in [5.41, 5.74) is 0.860. The van der Waals surface area contributed by atoms with Crippen molar-refractivity contribution in [2.75, 3.05) is 19.7 Å². The molecular weight excluding hydrogens is 250 g/mol. The highest BCUT2D eigenvalue weighted by Gasteiger charge is 2.29. The average Bonchev–Trinajstić information content (AvgIpc) is 2.87. The number of aliphatic hydroxyl groups excluding tert-OH is 1. The standard InChI is InChI=1S/C13H17NO3S/c15-11-13-6-8-14(10-13)18(16,17)9-7-12-4-2-1-3-5-12/h1-5,7,9,13,15H,6,8,10-11H2/b9-7+. The zero-order valence-electron chi connectivity index (χ0n) is 10.1. The third-order valence-corrected chi connectivity index (χ3v) is 4.63. The first-order chi connectivity index (χ1) is 8.62. The van der Waals surface area contributed by atoms with Crippen LogP contribution in [0, 0.1) is 5.92 Å². The lowest BCUT2D eigenvalue weighted by Gasteiger charge is -2.12. The van der Waals surface area contributed by atoms with Gasteiger partial charge in [0.05, 0.1) is 0 Å². The molecule has 1 N–H and O–H groups in total. The lowest BCUT2D eigenvalue weighted by molar-refractivity contribution is 0.233. The van der Waals surface area contributed by atoms with Crippen LogP contribution in [0.1, 0.15) is 12.0 Å². The maximum absolute atomic E-state index is 12.0. The highest BCUT2D eigenvalue weighted by Crippen LogP contribution is 2.20. The Bertz CT molecular complexity index is 510. The molecular formula is C13H17NO3S. The van der Waals surface area contributed by atoms with E-state index in [2.05, 4.69) is 0 Å². The summed E-state index contributed by atoms with van der Waals surface area (Å²) in [4.78, 5) is 0. The lowest BCUT2D eigenvalue weighted by Crippen LogP contribution is -2.27. The van der Waals surface area contributed by atoms with E-state index in [1.54, 1.807) is 6.08 Å². The summed E-state index contributed by atoms with van der Waals surface area (Å²) in [6, 6.07) is 9.32. The Labute approximate surface area is 108 Å². The number of benzene rings is 1. The van der Waals surface area contributed by atoms with Gasteiger partial charge in [-0.2, -0.15) is 4.31 Å². The van der Waals surface area contributed by atoms with Crippen molar-refractivity contribution >= 4 is 16.1 Å². The molecule has 0 aliphatic carbocycles. The summed E-state index contributed by atoms with van der Waals surface area (Å²) in [5.74, 6) is 0.0740. The largest absolute Gasteiger partial charge is 0.396 e. The molecule has 1 atom stereocenters. The van der Waals surface area contributed by atoms with Crippen LogP contribution in [0.15, 0.2) is 35.7 Å². The molecule has 0 aromatic heterocycles. The van der Waals surface area contributed by atoms with Crippen LogP contribution in [-0.2, 0) is 10.0 Å². The summed E-state index contributed by atoms with van der Waals surface area (Å²) in [6.45, 7) is 0.957. The van der Waals surface area contributed by atoms with Crippen molar-refractivity contribution in [3.05, 3.63) is 41.3 Å². The Morgan fingerprint density at radius 2 is 2.06 bits per heavy atom. The number of nitrogens with zero attached hydrogens (tertiary/aromatic N) is 1. The first-order valence-electron chi connectivity index (χ1n) is 5.96. The minimum absolute atomic E-state index is 0.0500. The number of rotatable bonds is 4. The molecule has 1 unspecified atom stereocenters. The molecule has 0 bridgehead atoms. The summed E-state index contributed by atoms with van der Waals surface area (Å²) in [7, 11) is -3.36. The van der Waals surface area contributed by atoms with E-state index in [1.165, 1.54) is 9.71 Å². The maximum atomic E-state index is 12.0. The van der Waals surface area contributed by atoms with Gasteiger partial charge in [-0.15, -0.1) is 0 Å². The fourth-order valence-corrected chi connectivity index (χ4v) is 3.27. The minimum atomic E-state index is -3.36. The molecule has 1 aliphatic heterocycles. The Morgan fingerprint density at radius 1 is 1.33 bits per heavy atom. The van der Waals surface area contributed by atoms with Gasteiger partial charge in [0.1, 0.15) is 0 Å². The second-order valence-electron chi connectivity index (χ2n) is 4.45. The van der Waals surface area contributed by atoms with Crippen molar-refractivity contribution in [2.45, 2.75) is 6.42 Å². The predicted octanol–water partition coefficient (Wildman–Crippen LogP) is 1.30. The Morgan fingerprint density at radius 3 is 2.67 bits per heavy atom. The van der Waals surface area contributed by atoms with Crippen LogP contribution < -0.4 is 0 Å². The zero-order chi connectivity index (χ0) is 13.0. The second-order valence-corrected chi connectivity index (χ2v) is 6.27. The van der Waals surface area contributed by atoms with Crippen molar-refractivity contribution < 1.29 is 13.5 Å². The van der Waals surface area contributed by atoms with Crippen LogP contribution in [-0.4, -0.2) is 37.5 Å². The number of hydrogen-bond acceptors (Lipinski definition) is 3. The van der Waals surface area contributed by atoms with Crippen molar-refractivity contribution in [1.82, 2.24) is 4.31 Å². The molecule has 1 saturated heterocycles. The number of hydrogen-bond donors (Lipinski definition) is 1. The van der Waals surface area contributed by atoms with Gasteiger partial charge >= 0.3 is 0 Å². The van der Waals surface area contributed by atoms with Crippen LogP contribution in [0.25, 0.3) is 6.08 Å². The fourth-order valence-electron chi connectivity index (χ4n) is 1.99. The number of sulfonamides is 1. The summed E-state index contributed by atoms with van der Waals surface area (Å²) in [6.07, 6.45) is 2.33. The Kier molecular flexibility index (Phi) is 4.16. The summed E-state index contributed by atoms with van der Waals surface area (Å²) < 4.78 is 25.5. The van der Waals surface area contributed by atoms with Crippen LogP contribution in [0.2, 0.25) is 0 Å². The monoisotopic (exact) mass is 267 g/mol. The van der Waals surface area contributed by atoms with Crippen molar-refractivity contribution in [2.24, 2.45) is 5.92 Å². The van der Waals surface area contributed by atoms with Gasteiger partial charge in [0.2, 0.25) is 10.0 Å². The molecule has 0 saturated carbocycles. The van der Waals surface area contributed by atoms with Gasteiger partial charge in [-0.25, -0.2) is 8.42 Å². The molecule has 18 heavy (non-hydrogen) atoms. The van der Waals surface area contributed by atoms with Crippen LogP contribution in [0.5, 0.6) is 0 Å². The summed E-state index contributed by atoms with van der Waals surface area (Å²) >= 11 is 0. The third kappa shape index (κ3) is 3.19. The molecule has 98 valence electrons. The van der Waals surface area contributed by atoms with Gasteiger partial charge < -0.3 is 5.11 Å². The Balaban J connectivity index is 2.06. The van der Waals surface area contributed by atoms with Gasteiger partial charge in [-0.3, -0.25) is 0 Å². The van der Waals surface area contributed by atoms with Crippen molar-refractivity contribution in [3.63, 3.8) is 0 Å². The van der Waals surface area contributed by atoms with E-state index in [-0.39, 0.29) is 12.5 Å². The van der Waals surface area contributed by atoms with E-state index in [4.69, 9.17) is 5.11 Å². The molecule has 1 fully saturated rings. The average molecular weight is 267 g/mol. The first-order valence-corrected chi connectivity index (χ1v) is 7.46. The van der Waals surface area contributed by atoms with Gasteiger partial charge in [0.25, 0.3) is 0 Å². The number of aliphatic hydroxyl groups is 1. The highest BCUT2D eigenvalue weighted by atomic mass is 32.2. The van der Waals surface area contributed by atoms with Gasteiger partial charge in [-0.1, -0.05) is 30.3 Å². The first kappa shape index (κ1) is 13.3. The lowest BCUT2D eigenvalue weighted by atomic mass is 10.1. The quantitative estimate of drug-likeness (QED) is 0.894. The third-order valence-electron chi connectivity index (χ3n) is 3.10. The van der Waals surface area contributed by atoms with E-state index >= 15 is 0 Å². The molecule has 1 aromatic carbocycles. The predicted molar refractivity (Wildman–Crippen MR) is 71.2 cm³/mol. The van der Waals surface area contributed by atoms with Crippen LogP contribution >= 0.6 is 0 Å². The van der Waals surface area contributed by atoms with Gasteiger partial charge in [0.15, 0.2) is 0 Å². The molecule has 1 aliphatic rings. The van der Waals surface area contributed by atoms with Crippen molar-refractivity contribution in [1.29, 1.82) is 0 Å². The Hall–Kier alpha value is -1.17. The van der Waals surface area contributed by atoms with Gasteiger partial charge in [0, 0.05) is 25.1 Å². The molecule has 4 nitrogen and oxygen atoms in total. The fraction of sp³-hybridized carbons (Fsp3) is 0.385. The maximum Gasteiger partial charge on any atom is 0.236 e. The van der Waals surface area contributed by atoms with Gasteiger partial charge in [-0.05, 0) is 24.0 Å². The SMILES string of the molecule is O=S(=O)(/C=C/c1ccccc1)N1CCC(CO)C1.